The highest BCUT2D eigenvalue weighted by molar-refractivity contribution is 8.06. The van der Waals surface area contributed by atoms with Gasteiger partial charge in [-0.1, -0.05) is 54.7 Å². The number of halogens is 4. The molecule has 2 heterocycles. The molecule has 1 atom stereocenters. The molecular weight excluding hydrogens is 541 g/mol. The lowest BCUT2D eigenvalue weighted by Crippen LogP contribution is -2.36. The number of aliphatic imine (C=N–C) groups is 2. The first-order valence-electron chi connectivity index (χ1n) is 12.9. The van der Waals surface area contributed by atoms with E-state index in [0.29, 0.717) is 23.5 Å². The Kier molecular flexibility index (Phi) is 13.7. The molecular formula is C30H38ClF3N4S. The van der Waals surface area contributed by atoms with E-state index < -0.39 is 6.43 Å². The summed E-state index contributed by atoms with van der Waals surface area (Å²) in [4.78, 5) is 12.7. The number of benzene rings is 1. The van der Waals surface area contributed by atoms with Crippen LogP contribution in [0.4, 0.5) is 13.2 Å². The summed E-state index contributed by atoms with van der Waals surface area (Å²) in [6.07, 6.45) is 7.50. The van der Waals surface area contributed by atoms with Crippen LogP contribution in [0.3, 0.4) is 0 Å². The number of rotatable bonds is 8. The van der Waals surface area contributed by atoms with Gasteiger partial charge in [-0.2, -0.15) is 0 Å². The molecule has 0 radical (unpaired) electrons. The number of thioether (sulfide) groups is 1. The highest BCUT2D eigenvalue weighted by Crippen LogP contribution is 2.37. The van der Waals surface area contributed by atoms with Crippen molar-refractivity contribution in [2.45, 2.75) is 52.5 Å². The SMILES string of the molecule is C=C(S/C=C\C)C1=NCC(C(/C=C\C)=NC)=C2CC(NC(=C)C3CC3)CN12.CC(F)F.Fc1cccc(Cl)c1. The van der Waals surface area contributed by atoms with Crippen molar-refractivity contribution >= 4 is 34.9 Å². The van der Waals surface area contributed by atoms with Gasteiger partial charge in [0, 0.05) is 53.0 Å². The maximum Gasteiger partial charge on any atom is 0.235 e. The van der Waals surface area contributed by atoms with Crippen LogP contribution in [0.25, 0.3) is 0 Å². The van der Waals surface area contributed by atoms with E-state index in [4.69, 9.17) is 16.6 Å². The van der Waals surface area contributed by atoms with Crippen molar-refractivity contribution < 1.29 is 13.2 Å². The van der Waals surface area contributed by atoms with E-state index in [1.54, 1.807) is 23.9 Å². The molecule has 1 N–H and O–H groups in total. The fourth-order valence-corrected chi connectivity index (χ4v) is 4.83. The van der Waals surface area contributed by atoms with E-state index in [1.165, 1.54) is 41.9 Å². The van der Waals surface area contributed by atoms with Crippen LogP contribution >= 0.6 is 23.4 Å². The molecule has 0 bridgehead atoms. The monoisotopic (exact) mass is 578 g/mol. The van der Waals surface area contributed by atoms with Gasteiger partial charge in [-0.25, -0.2) is 13.2 Å². The van der Waals surface area contributed by atoms with E-state index in [9.17, 15) is 13.2 Å². The lowest BCUT2D eigenvalue weighted by atomic mass is 10.0. The molecule has 212 valence electrons. The molecule has 1 saturated heterocycles. The minimum atomic E-state index is -2.17. The van der Waals surface area contributed by atoms with E-state index in [1.807, 2.05) is 33.0 Å². The molecule has 1 aromatic carbocycles. The van der Waals surface area contributed by atoms with Gasteiger partial charge in [0.1, 0.15) is 11.7 Å². The van der Waals surface area contributed by atoms with E-state index in [0.717, 1.165) is 36.3 Å². The van der Waals surface area contributed by atoms with Gasteiger partial charge in [-0.3, -0.25) is 9.98 Å². The first kappa shape index (κ1) is 32.5. The van der Waals surface area contributed by atoms with Gasteiger partial charge in [0.15, 0.2) is 0 Å². The molecule has 2 aliphatic heterocycles. The number of fused-ring (bicyclic) bond motifs is 1. The van der Waals surface area contributed by atoms with E-state index in [-0.39, 0.29) is 5.82 Å². The van der Waals surface area contributed by atoms with Gasteiger partial charge in [0.2, 0.25) is 6.43 Å². The third-order valence-electron chi connectivity index (χ3n) is 5.88. The molecule has 1 saturated carbocycles. The minimum Gasteiger partial charge on any atom is -0.384 e. The Morgan fingerprint density at radius 3 is 2.46 bits per heavy atom. The molecule has 1 aliphatic carbocycles. The minimum absolute atomic E-state index is 0.294. The van der Waals surface area contributed by atoms with Crippen LogP contribution in [0.15, 0.2) is 92.9 Å². The Morgan fingerprint density at radius 1 is 1.26 bits per heavy atom. The third kappa shape index (κ3) is 10.8. The number of hydrogen-bond acceptors (Lipinski definition) is 5. The predicted molar refractivity (Wildman–Crippen MR) is 162 cm³/mol. The van der Waals surface area contributed by atoms with Crippen molar-refractivity contribution in [2.24, 2.45) is 15.9 Å². The molecule has 4 rings (SSSR count). The average Bonchev–Trinajstić information content (AvgIpc) is 3.65. The molecule has 9 heteroatoms. The van der Waals surface area contributed by atoms with Crippen LogP contribution in [-0.2, 0) is 0 Å². The summed E-state index contributed by atoms with van der Waals surface area (Å²) in [5.74, 6) is 1.37. The summed E-state index contributed by atoms with van der Waals surface area (Å²) in [5.41, 5.74) is 4.76. The van der Waals surface area contributed by atoms with Crippen LogP contribution in [0.1, 0.15) is 40.0 Å². The zero-order chi connectivity index (χ0) is 28.9. The Hall–Kier alpha value is -2.71. The van der Waals surface area contributed by atoms with Crippen molar-refractivity contribution in [1.29, 1.82) is 0 Å². The lowest BCUT2D eigenvalue weighted by Gasteiger charge is -2.29. The fraction of sp³-hybridized carbons (Fsp3) is 0.400. The summed E-state index contributed by atoms with van der Waals surface area (Å²) < 4.78 is 32.7. The molecule has 1 aromatic rings. The summed E-state index contributed by atoms with van der Waals surface area (Å²) in [5, 5.41) is 6.17. The van der Waals surface area contributed by atoms with Crippen LogP contribution in [0.5, 0.6) is 0 Å². The zero-order valence-corrected chi connectivity index (χ0v) is 24.6. The van der Waals surface area contributed by atoms with Crippen LogP contribution in [-0.4, -0.2) is 49.1 Å². The Morgan fingerprint density at radius 2 is 1.95 bits per heavy atom. The lowest BCUT2D eigenvalue weighted by molar-refractivity contribution is 0.171. The third-order valence-corrected chi connectivity index (χ3v) is 6.99. The standard InChI is InChI=1S/C22H30N4S.C6H4ClF.C2H4F2/c1-6-8-20(23-5)19-13-24-22(16(4)27-11-7-2)26-14-18(12-21(19)26)25-15(3)17-9-10-17;7-5-2-1-3-6(8)4-5;1-2(3)4/h6-8,11,17-18,25H,3-4,9-10,12-14H2,1-2,5H3;1-4H;2H,1H3/b8-6-,11-7-,23-20?;;. The highest BCUT2D eigenvalue weighted by atomic mass is 35.5. The maximum absolute atomic E-state index is 12.1. The van der Waals surface area contributed by atoms with E-state index in [2.05, 4.69) is 39.9 Å². The predicted octanol–water partition coefficient (Wildman–Crippen LogP) is 8.42. The number of allylic oxidation sites excluding steroid dienone is 4. The normalized spacial score (nSPS) is 18.9. The molecule has 39 heavy (non-hydrogen) atoms. The van der Waals surface area contributed by atoms with Crippen molar-refractivity contribution in [3.63, 3.8) is 0 Å². The second-order valence-corrected chi connectivity index (χ2v) is 10.5. The van der Waals surface area contributed by atoms with Gasteiger partial charge in [0.25, 0.3) is 0 Å². The molecule has 4 nitrogen and oxygen atoms in total. The quantitative estimate of drug-likeness (QED) is 0.315. The Balaban J connectivity index is 0.000000368. The Bertz CT molecular complexity index is 1130. The van der Waals surface area contributed by atoms with Crippen LogP contribution in [0.2, 0.25) is 5.02 Å². The van der Waals surface area contributed by atoms with Crippen molar-refractivity contribution in [3.8, 4) is 0 Å². The molecule has 0 spiro atoms. The van der Waals surface area contributed by atoms with Crippen molar-refractivity contribution in [2.75, 3.05) is 20.1 Å². The molecule has 0 aromatic heterocycles. The van der Waals surface area contributed by atoms with Gasteiger partial charge in [-0.15, -0.1) is 0 Å². The number of amidine groups is 1. The average molecular weight is 579 g/mol. The van der Waals surface area contributed by atoms with Gasteiger partial charge in [0.05, 0.1) is 12.3 Å². The largest absolute Gasteiger partial charge is 0.384 e. The smallest absolute Gasteiger partial charge is 0.235 e. The fourth-order valence-electron chi connectivity index (χ4n) is 4.08. The van der Waals surface area contributed by atoms with Gasteiger partial charge < -0.3 is 10.2 Å². The second kappa shape index (κ2) is 16.4. The van der Waals surface area contributed by atoms with Crippen LogP contribution in [0, 0.1) is 11.7 Å². The first-order valence-corrected chi connectivity index (χ1v) is 14.1. The number of nitrogens with zero attached hydrogens (tertiary/aromatic N) is 3. The molecule has 0 amide bonds. The highest BCUT2D eigenvalue weighted by Gasteiger charge is 2.37. The summed E-state index contributed by atoms with van der Waals surface area (Å²) in [6, 6.07) is 6.17. The zero-order valence-electron chi connectivity index (χ0n) is 23.1. The maximum atomic E-state index is 12.1. The number of hydrogen-bond donors (Lipinski definition) is 1. The molecule has 2 fully saturated rings. The van der Waals surface area contributed by atoms with Crippen molar-refractivity contribution in [3.05, 3.63) is 93.8 Å². The van der Waals surface area contributed by atoms with E-state index >= 15 is 0 Å². The second-order valence-electron chi connectivity index (χ2n) is 9.10. The number of nitrogens with one attached hydrogen (secondary N) is 1. The number of alkyl halides is 2. The Labute approximate surface area is 240 Å². The molecule has 1 unspecified atom stereocenters. The molecule has 3 aliphatic rings. The summed E-state index contributed by atoms with van der Waals surface area (Å²) in [7, 11) is 1.85. The summed E-state index contributed by atoms with van der Waals surface area (Å²) >= 11 is 7.04. The van der Waals surface area contributed by atoms with Crippen LogP contribution < -0.4 is 5.32 Å². The first-order chi connectivity index (χ1) is 18.6. The van der Waals surface area contributed by atoms with Crippen molar-refractivity contribution in [1.82, 2.24) is 10.2 Å². The van der Waals surface area contributed by atoms with Gasteiger partial charge >= 0.3 is 0 Å². The van der Waals surface area contributed by atoms with Gasteiger partial charge in [-0.05, 0) is 69.2 Å². The topological polar surface area (TPSA) is 40.0 Å². The summed E-state index contributed by atoms with van der Waals surface area (Å²) in [6.45, 7) is 14.9.